The van der Waals surface area contributed by atoms with Crippen molar-refractivity contribution in [2.75, 3.05) is 18.1 Å². The summed E-state index contributed by atoms with van der Waals surface area (Å²) in [6.45, 7) is 9.84. The second-order valence-electron chi connectivity index (χ2n) is 21.8. The number of nitrogens with two attached hydrogens (primary N) is 1. The number of β-amino-alcohol motifs (C(OH)–C–C–N with tert-alkyl or cyclic N) is 1. The van der Waals surface area contributed by atoms with Crippen LogP contribution in [0, 0.1) is 12.3 Å². The average molecular weight is 1050 g/mol. The number of unbranched alkanes of at least 4 members (excludes halogenated alkanes) is 2. The Hall–Kier alpha value is -6.24. The predicted molar refractivity (Wildman–Crippen MR) is 283 cm³/mol. The van der Waals surface area contributed by atoms with Gasteiger partial charge in [-0.15, -0.1) is 11.3 Å². The van der Waals surface area contributed by atoms with Crippen molar-refractivity contribution in [1.82, 2.24) is 25.8 Å². The fourth-order valence-electron chi connectivity index (χ4n) is 10.3. The van der Waals surface area contributed by atoms with E-state index in [0.717, 1.165) is 82.6 Å². The number of anilines is 1. The molecule has 4 aromatic rings. The number of aryl methyl sites for hydroxylation is 3. The van der Waals surface area contributed by atoms with E-state index in [1.807, 2.05) is 62.4 Å². The van der Waals surface area contributed by atoms with Crippen LogP contribution in [-0.2, 0) is 65.9 Å². The highest BCUT2D eigenvalue weighted by Crippen LogP contribution is 2.41. The molecule has 1 aromatic heterocycles. The second-order valence-corrected chi connectivity index (χ2v) is 22.7. The molecule has 1 saturated carbocycles. The number of aliphatic hydroxyl groups is 1. The Bertz CT molecular complexity index is 2740. The van der Waals surface area contributed by atoms with Crippen LogP contribution in [0.15, 0.2) is 66.2 Å². The third-order valence-corrected chi connectivity index (χ3v) is 15.9. The van der Waals surface area contributed by atoms with E-state index in [9.17, 15) is 38.3 Å². The minimum atomic E-state index is -1.98. The number of carbonyl (C=O) groups excluding carboxylic acids is 6. The summed E-state index contributed by atoms with van der Waals surface area (Å²) in [4.78, 5) is 87.9. The molecule has 1 saturated heterocycles. The van der Waals surface area contributed by atoms with Gasteiger partial charge in [0, 0.05) is 44.3 Å². The second kappa shape index (κ2) is 23.8. The number of thiazole rings is 1. The van der Waals surface area contributed by atoms with Gasteiger partial charge in [0.15, 0.2) is 5.67 Å². The van der Waals surface area contributed by atoms with Gasteiger partial charge in [-0.25, -0.2) is 9.37 Å². The molecule has 3 aliphatic heterocycles. The number of aliphatic hydroxyl groups excluding tert-OH is 1. The number of primary amides is 1. The monoisotopic (exact) mass is 1050 g/mol. The maximum absolute atomic E-state index is 14.7. The number of halogens is 1. The first-order valence-corrected chi connectivity index (χ1v) is 27.3. The Kier molecular flexibility index (Phi) is 17.4. The summed E-state index contributed by atoms with van der Waals surface area (Å²) in [6, 6.07) is 16.8. The van der Waals surface area contributed by atoms with E-state index in [2.05, 4.69) is 33.1 Å². The summed E-state index contributed by atoms with van der Waals surface area (Å²) >= 11 is 1.53. The smallest absolute Gasteiger partial charge is 0.258 e. The van der Waals surface area contributed by atoms with Crippen molar-refractivity contribution >= 4 is 52.5 Å². The molecule has 6 N–H and O–H groups in total. The minimum absolute atomic E-state index is 0.0201. The minimum Gasteiger partial charge on any atom is -0.493 e. The average Bonchev–Trinajstić information content (AvgIpc) is 3.64. The van der Waals surface area contributed by atoms with Crippen molar-refractivity contribution in [1.29, 1.82) is 0 Å². The van der Waals surface area contributed by atoms with Gasteiger partial charge in [0.05, 0.1) is 53.2 Å². The number of carbonyl (C=O) groups is 6. The molecule has 402 valence electrons. The van der Waals surface area contributed by atoms with Crippen LogP contribution in [0.1, 0.15) is 125 Å². The van der Waals surface area contributed by atoms with Crippen LogP contribution < -0.4 is 31.3 Å². The largest absolute Gasteiger partial charge is 0.493 e. The van der Waals surface area contributed by atoms with Gasteiger partial charge in [-0.05, 0) is 111 Å². The van der Waals surface area contributed by atoms with Crippen molar-refractivity contribution in [3.8, 4) is 16.2 Å². The van der Waals surface area contributed by atoms with E-state index in [4.69, 9.17) is 15.2 Å². The quantitative estimate of drug-likeness (QED) is 0.0510. The summed E-state index contributed by atoms with van der Waals surface area (Å²) in [5.41, 5.74) is 12.2. The number of nitrogens with zero attached hydrogens (tertiary/aromatic N) is 3. The molecule has 4 heterocycles. The molecule has 1 aliphatic carbocycles. The normalized spacial score (nSPS) is 19.9. The Morgan fingerprint density at radius 1 is 0.960 bits per heavy atom. The van der Waals surface area contributed by atoms with E-state index in [1.54, 1.807) is 31.2 Å². The molecule has 75 heavy (non-hydrogen) atoms. The van der Waals surface area contributed by atoms with Gasteiger partial charge in [0.2, 0.25) is 29.5 Å². The number of likely N-dealkylation sites (tertiary alicyclic amines) is 1. The van der Waals surface area contributed by atoms with Gasteiger partial charge in [-0.1, -0.05) is 75.4 Å². The lowest BCUT2D eigenvalue weighted by Crippen LogP contribution is -2.59. The van der Waals surface area contributed by atoms with Gasteiger partial charge < -0.3 is 41.2 Å². The summed E-state index contributed by atoms with van der Waals surface area (Å²) in [7, 11) is 0. The van der Waals surface area contributed by atoms with Crippen LogP contribution >= 0.6 is 11.3 Å². The van der Waals surface area contributed by atoms with Gasteiger partial charge in [0.1, 0.15) is 23.9 Å². The zero-order valence-corrected chi connectivity index (χ0v) is 44.6. The van der Waals surface area contributed by atoms with E-state index < -0.39 is 71.1 Å². The van der Waals surface area contributed by atoms with Gasteiger partial charge >= 0.3 is 0 Å². The number of aromatic nitrogens is 1. The van der Waals surface area contributed by atoms with Crippen LogP contribution in [0.2, 0.25) is 0 Å². The molecule has 8 rings (SSSR count). The Morgan fingerprint density at radius 3 is 2.41 bits per heavy atom. The third kappa shape index (κ3) is 13.4. The Morgan fingerprint density at radius 2 is 1.71 bits per heavy atom. The third-order valence-electron chi connectivity index (χ3n) is 15.0. The van der Waals surface area contributed by atoms with E-state index in [0.29, 0.717) is 38.2 Å². The van der Waals surface area contributed by atoms with Crippen LogP contribution in [0.5, 0.6) is 5.75 Å². The van der Waals surface area contributed by atoms with Gasteiger partial charge in [-0.2, -0.15) is 0 Å². The van der Waals surface area contributed by atoms with E-state index in [1.165, 1.54) is 21.8 Å². The number of hydrogen-bond donors (Lipinski definition) is 5. The van der Waals surface area contributed by atoms with Gasteiger partial charge in [-0.3, -0.25) is 33.7 Å². The highest BCUT2D eigenvalue weighted by Gasteiger charge is 2.53. The molecule has 3 aromatic carbocycles. The lowest BCUT2D eigenvalue weighted by Gasteiger charge is -2.35. The molecule has 0 spiro atoms. The number of hydrogen-bond acceptors (Lipinski definition) is 11. The molecule has 4 aliphatic rings. The predicted octanol–water partition coefficient (Wildman–Crippen LogP) is 6.47. The summed E-state index contributed by atoms with van der Waals surface area (Å²) in [5.74, 6) is -2.02. The van der Waals surface area contributed by atoms with Crippen molar-refractivity contribution in [2.45, 2.75) is 173 Å². The summed E-state index contributed by atoms with van der Waals surface area (Å²) < 4.78 is 27.4. The summed E-state index contributed by atoms with van der Waals surface area (Å²) in [6.07, 6.45) is 5.01. The lowest BCUT2D eigenvalue weighted by molar-refractivity contribution is -0.145. The van der Waals surface area contributed by atoms with Crippen molar-refractivity contribution in [3.05, 3.63) is 99.7 Å². The number of para-hydroxylation sites is 1. The Labute approximate surface area is 442 Å². The number of benzene rings is 3. The number of nitrogens with one attached hydrogen (secondary N) is 3. The maximum Gasteiger partial charge on any atom is 0.258 e. The highest BCUT2D eigenvalue weighted by atomic mass is 32.1. The van der Waals surface area contributed by atoms with Gasteiger partial charge in [0.25, 0.3) is 5.91 Å². The number of alkyl halides is 1. The SMILES string of the molecule is Cc1ncsc1-c1ccc(CNC(=O)[C@@H]2C[C@@H](O)CN2C(=O)[C@@H](NC(=O)C2(F)CC2)C(C)(C)C)c(OCCCCCc2ccc(CO[C@H](C)[C@H](CCC(N)=O)NC(=O)[C@@H]3Cc4cccc5c4N3C(=O)CCC5)cc2)c1. The van der Waals surface area contributed by atoms with Crippen molar-refractivity contribution in [2.24, 2.45) is 11.1 Å². The van der Waals surface area contributed by atoms with Crippen LogP contribution in [0.25, 0.3) is 10.4 Å². The molecule has 0 unspecified atom stereocenters. The van der Waals surface area contributed by atoms with E-state index in [-0.39, 0.29) is 50.6 Å². The van der Waals surface area contributed by atoms with Crippen LogP contribution in [-0.4, -0.2) is 106 Å². The fourth-order valence-corrected chi connectivity index (χ4v) is 11.1. The molecular weight excluding hydrogens is 978 g/mol. The molecule has 0 bridgehead atoms. The first kappa shape index (κ1) is 55.0. The fraction of sp³-hybridized carbons (Fsp3) is 0.526. The number of ether oxygens (including phenoxy) is 2. The van der Waals surface area contributed by atoms with Crippen molar-refractivity contribution < 1.29 is 47.7 Å². The first-order chi connectivity index (χ1) is 35.8. The molecule has 16 nitrogen and oxygen atoms in total. The molecular formula is C57H72FN7O9S. The number of rotatable bonds is 23. The first-order valence-electron chi connectivity index (χ1n) is 26.4. The lowest BCUT2D eigenvalue weighted by atomic mass is 9.85. The maximum atomic E-state index is 14.7. The molecule has 0 radical (unpaired) electrons. The Balaban J connectivity index is 0.814. The zero-order chi connectivity index (χ0) is 53.6. The molecule has 2 fully saturated rings. The van der Waals surface area contributed by atoms with E-state index >= 15 is 0 Å². The highest BCUT2D eigenvalue weighted by molar-refractivity contribution is 7.13. The molecule has 6 amide bonds. The molecule has 18 heteroatoms. The summed E-state index contributed by atoms with van der Waals surface area (Å²) in [5, 5.41) is 19.4. The van der Waals surface area contributed by atoms with Crippen LogP contribution in [0.4, 0.5) is 10.1 Å². The molecule has 6 atom stereocenters. The topological polar surface area (TPSA) is 223 Å². The number of amides is 6. The standard InChI is InChI=1S/C57H72FN7O9S/c1-34-50(75-33-61-34)40-20-21-41(30-60-52(69)44-29-42(66)31-64(44)54(71)51(56(3,4)5)63-55(72)57(58)24-25-57)46(28-40)73-26-8-6-7-11-36-16-18-37(19-17-36)32-74-35(2)43(22-23-47(59)67)62-53(70)45-27-39-14-9-12-38-13-10-15-48(68)65(45)49(38)39/h9,12,14,16-21,28,33,35,42-45,51,66H,6-8,10-11,13,15,22-27,29-32H2,1-5H3,(H2,59,67)(H,60,69)(H,62,70)(H,63,72)/t35-,42-,43+,44+,45+,51-/m1/s1. The van der Waals surface area contributed by atoms with Crippen molar-refractivity contribution in [3.63, 3.8) is 0 Å². The zero-order valence-electron chi connectivity index (χ0n) is 43.8. The van der Waals surface area contributed by atoms with Crippen LogP contribution in [0.3, 0.4) is 0 Å².